The number of aromatic nitrogens is 3. The first kappa shape index (κ1) is 14.0. The van der Waals surface area contributed by atoms with E-state index >= 15 is 0 Å². The van der Waals surface area contributed by atoms with Crippen molar-refractivity contribution in [3.8, 4) is 0 Å². The van der Waals surface area contributed by atoms with Gasteiger partial charge in [0.2, 0.25) is 5.91 Å². The molecule has 19 heavy (non-hydrogen) atoms. The van der Waals surface area contributed by atoms with Crippen molar-refractivity contribution in [1.29, 1.82) is 0 Å². The number of H-pyrrole nitrogens is 1. The van der Waals surface area contributed by atoms with Gasteiger partial charge >= 0.3 is 0 Å². The van der Waals surface area contributed by atoms with Crippen LogP contribution in [0.25, 0.3) is 0 Å². The van der Waals surface area contributed by atoms with Crippen molar-refractivity contribution in [3.63, 3.8) is 0 Å². The molecule has 100 valence electrons. The van der Waals surface area contributed by atoms with Crippen LogP contribution in [0.5, 0.6) is 0 Å². The van der Waals surface area contributed by atoms with Crippen LogP contribution in [0.2, 0.25) is 10.0 Å². The van der Waals surface area contributed by atoms with Crippen LogP contribution >= 0.6 is 35.0 Å². The molecular weight excluding hydrogens is 309 g/mol. The molecule has 1 aromatic heterocycles. The maximum absolute atomic E-state index is 11.8. The largest absolute Gasteiger partial charge is 0.399 e. The molecule has 2 rings (SSSR count). The van der Waals surface area contributed by atoms with Crippen molar-refractivity contribution in [2.75, 3.05) is 16.8 Å². The molecule has 0 bridgehead atoms. The molecule has 0 fully saturated rings. The Hall–Kier alpha value is -1.44. The molecule has 2 aromatic rings. The number of halogens is 2. The number of carbonyl (C=O) groups excluding carboxylic acids is 1. The summed E-state index contributed by atoms with van der Waals surface area (Å²) < 4.78 is 0. The first-order valence-electron chi connectivity index (χ1n) is 5.09. The Labute approximate surface area is 123 Å². The van der Waals surface area contributed by atoms with Crippen LogP contribution in [0.15, 0.2) is 23.6 Å². The summed E-state index contributed by atoms with van der Waals surface area (Å²) >= 11 is 13.1. The SMILES string of the molecule is Nc1cc(Cl)c(NC(=O)CSc2ncn[nH]2)c(Cl)c1. The van der Waals surface area contributed by atoms with Crippen LogP contribution in [-0.4, -0.2) is 26.8 Å². The third-order valence-corrected chi connectivity index (χ3v) is 3.53. The van der Waals surface area contributed by atoms with Gasteiger partial charge in [-0.2, -0.15) is 5.10 Å². The highest BCUT2D eigenvalue weighted by atomic mass is 35.5. The van der Waals surface area contributed by atoms with Crippen LogP contribution in [0, 0.1) is 0 Å². The minimum atomic E-state index is -0.255. The lowest BCUT2D eigenvalue weighted by atomic mass is 10.3. The van der Waals surface area contributed by atoms with Crippen LogP contribution < -0.4 is 11.1 Å². The van der Waals surface area contributed by atoms with Gasteiger partial charge < -0.3 is 11.1 Å². The Balaban J connectivity index is 1.99. The number of amides is 1. The predicted molar refractivity (Wildman–Crippen MR) is 76.6 cm³/mol. The lowest BCUT2D eigenvalue weighted by Crippen LogP contribution is -2.15. The fourth-order valence-corrected chi connectivity index (χ4v) is 2.46. The van der Waals surface area contributed by atoms with Crippen molar-refractivity contribution < 1.29 is 4.79 Å². The fraction of sp³-hybridized carbons (Fsp3) is 0.100. The number of rotatable bonds is 4. The maximum atomic E-state index is 11.8. The number of nitrogens with zero attached hydrogens (tertiary/aromatic N) is 2. The summed E-state index contributed by atoms with van der Waals surface area (Å²) in [4.78, 5) is 15.6. The average molecular weight is 318 g/mol. The van der Waals surface area contributed by atoms with Crippen molar-refractivity contribution in [2.45, 2.75) is 5.16 Å². The number of hydrogen-bond acceptors (Lipinski definition) is 5. The summed E-state index contributed by atoms with van der Waals surface area (Å²) in [7, 11) is 0. The second kappa shape index (κ2) is 6.14. The van der Waals surface area contributed by atoms with Crippen molar-refractivity contribution in [1.82, 2.24) is 15.2 Å². The van der Waals surface area contributed by atoms with Crippen molar-refractivity contribution >= 4 is 52.2 Å². The Morgan fingerprint density at radius 1 is 1.42 bits per heavy atom. The Morgan fingerprint density at radius 2 is 2.11 bits per heavy atom. The molecule has 0 saturated carbocycles. The number of nitrogens with two attached hydrogens (primary N) is 1. The molecule has 0 aliphatic rings. The molecule has 0 saturated heterocycles. The van der Waals surface area contributed by atoms with E-state index in [1.807, 2.05) is 0 Å². The fourth-order valence-electron chi connectivity index (χ4n) is 1.29. The molecule has 0 aliphatic heterocycles. The highest BCUT2D eigenvalue weighted by Crippen LogP contribution is 2.32. The minimum Gasteiger partial charge on any atom is -0.399 e. The molecule has 6 nitrogen and oxygen atoms in total. The summed E-state index contributed by atoms with van der Waals surface area (Å²) in [5.41, 5.74) is 6.36. The Kier molecular flexibility index (Phi) is 4.52. The third kappa shape index (κ3) is 3.76. The lowest BCUT2D eigenvalue weighted by molar-refractivity contribution is -0.113. The van der Waals surface area contributed by atoms with E-state index in [9.17, 15) is 4.79 Å². The lowest BCUT2D eigenvalue weighted by Gasteiger charge is -2.09. The highest BCUT2D eigenvalue weighted by Gasteiger charge is 2.11. The highest BCUT2D eigenvalue weighted by molar-refractivity contribution is 7.99. The minimum absolute atomic E-state index is 0.159. The Bertz CT molecular complexity index is 567. The van der Waals surface area contributed by atoms with Crippen LogP contribution in [0.1, 0.15) is 0 Å². The molecule has 1 aromatic carbocycles. The van der Waals surface area contributed by atoms with Crippen LogP contribution in [-0.2, 0) is 4.79 Å². The van der Waals surface area contributed by atoms with Gasteiger partial charge in [0, 0.05) is 5.69 Å². The van der Waals surface area contributed by atoms with Gasteiger partial charge in [-0.05, 0) is 12.1 Å². The topological polar surface area (TPSA) is 96.7 Å². The summed E-state index contributed by atoms with van der Waals surface area (Å²) in [5, 5.41) is 10.1. The molecule has 1 heterocycles. The second-order valence-corrected chi connectivity index (χ2v) is 5.27. The number of nitrogen functional groups attached to an aromatic ring is 1. The van der Waals surface area contributed by atoms with Gasteiger partial charge in [0.05, 0.1) is 21.5 Å². The van der Waals surface area contributed by atoms with Gasteiger partial charge in [-0.15, -0.1) is 0 Å². The summed E-state index contributed by atoms with van der Waals surface area (Å²) in [6.07, 6.45) is 1.37. The molecule has 0 spiro atoms. The Morgan fingerprint density at radius 3 is 2.68 bits per heavy atom. The van der Waals surface area contributed by atoms with Gasteiger partial charge in [-0.1, -0.05) is 35.0 Å². The summed E-state index contributed by atoms with van der Waals surface area (Å²) in [5.74, 6) is -0.0957. The van der Waals surface area contributed by atoms with Crippen LogP contribution in [0.4, 0.5) is 11.4 Å². The standard InChI is InChI=1S/C10H9Cl2N5OS/c11-6-1-5(13)2-7(12)9(6)16-8(18)3-19-10-14-4-15-17-10/h1-2,4H,3,13H2,(H,16,18)(H,14,15,17). The van der Waals surface area contributed by atoms with E-state index in [4.69, 9.17) is 28.9 Å². The second-order valence-electron chi connectivity index (χ2n) is 3.49. The molecule has 1 amide bonds. The van der Waals surface area contributed by atoms with Gasteiger partial charge in [-0.25, -0.2) is 4.98 Å². The maximum Gasteiger partial charge on any atom is 0.234 e. The van der Waals surface area contributed by atoms with Gasteiger partial charge in [0.1, 0.15) is 6.33 Å². The van der Waals surface area contributed by atoms with Gasteiger partial charge in [-0.3, -0.25) is 9.89 Å². The number of aromatic amines is 1. The quantitative estimate of drug-likeness (QED) is 0.594. The third-order valence-electron chi connectivity index (χ3n) is 2.06. The summed E-state index contributed by atoms with van der Waals surface area (Å²) in [6.45, 7) is 0. The van der Waals surface area contributed by atoms with Gasteiger partial charge in [0.25, 0.3) is 0 Å². The average Bonchev–Trinajstić information content (AvgIpc) is 2.84. The molecule has 0 unspecified atom stereocenters. The number of thioether (sulfide) groups is 1. The van der Waals surface area contributed by atoms with Gasteiger partial charge in [0.15, 0.2) is 5.16 Å². The molecule has 0 aliphatic carbocycles. The van der Waals surface area contributed by atoms with E-state index in [-0.39, 0.29) is 11.7 Å². The normalized spacial score (nSPS) is 10.4. The predicted octanol–water partition coefficient (Wildman–Crippen LogP) is 2.42. The zero-order valence-electron chi connectivity index (χ0n) is 9.48. The van der Waals surface area contributed by atoms with E-state index in [0.29, 0.717) is 26.6 Å². The molecular formula is C10H9Cl2N5OS. The van der Waals surface area contributed by atoms with Crippen LogP contribution in [0.3, 0.4) is 0 Å². The number of hydrogen-bond donors (Lipinski definition) is 3. The number of carbonyl (C=O) groups is 1. The van der Waals surface area contributed by atoms with E-state index in [1.54, 1.807) is 0 Å². The summed E-state index contributed by atoms with van der Waals surface area (Å²) in [6, 6.07) is 3.04. The molecule has 9 heteroatoms. The van der Waals surface area contributed by atoms with Crippen molar-refractivity contribution in [2.24, 2.45) is 0 Å². The number of nitrogens with one attached hydrogen (secondary N) is 2. The van der Waals surface area contributed by atoms with E-state index in [1.165, 1.54) is 30.2 Å². The van der Waals surface area contributed by atoms with E-state index in [0.717, 1.165) is 0 Å². The zero-order valence-corrected chi connectivity index (χ0v) is 11.8. The zero-order chi connectivity index (χ0) is 13.8. The number of anilines is 2. The first-order chi connectivity index (χ1) is 9.06. The monoisotopic (exact) mass is 317 g/mol. The van der Waals surface area contributed by atoms with Crippen molar-refractivity contribution in [3.05, 3.63) is 28.5 Å². The number of benzene rings is 1. The molecule has 0 radical (unpaired) electrons. The van der Waals surface area contributed by atoms with E-state index < -0.39 is 0 Å². The van der Waals surface area contributed by atoms with E-state index in [2.05, 4.69) is 20.5 Å². The molecule has 0 atom stereocenters. The first-order valence-corrected chi connectivity index (χ1v) is 6.83. The molecule has 4 N–H and O–H groups in total. The smallest absolute Gasteiger partial charge is 0.234 e.